The minimum atomic E-state index is -0.207. The van der Waals surface area contributed by atoms with Crippen LogP contribution in [0.2, 0.25) is 0 Å². The van der Waals surface area contributed by atoms with Crippen molar-refractivity contribution < 1.29 is 9.53 Å². The smallest absolute Gasteiger partial charge is 0.333 e. The lowest BCUT2D eigenvalue weighted by Crippen LogP contribution is -2.01. The highest BCUT2D eigenvalue weighted by Gasteiger charge is 2.01. The molecule has 2 nitrogen and oxygen atoms in total. The summed E-state index contributed by atoms with van der Waals surface area (Å²) >= 11 is 0. The van der Waals surface area contributed by atoms with E-state index in [-0.39, 0.29) is 5.97 Å². The van der Waals surface area contributed by atoms with Crippen molar-refractivity contribution in [2.45, 2.75) is 65.7 Å². The first-order valence-corrected chi connectivity index (χ1v) is 6.83. The summed E-state index contributed by atoms with van der Waals surface area (Å²) in [6.07, 6.45) is 10.8. The van der Waals surface area contributed by atoms with E-state index in [1.54, 1.807) is 0 Å². The summed E-state index contributed by atoms with van der Waals surface area (Å²) in [6.45, 7) is 6.37. The van der Waals surface area contributed by atoms with Gasteiger partial charge in [-0.3, -0.25) is 0 Å². The van der Waals surface area contributed by atoms with Gasteiger partial charge in [0.25, 0.3) is 0 Å². The third-order valence-corrected chi connectivity index (χ3v) is 2.94. The van der Waals surface area contributed by atoms with Gasteiger partial charge in [0.2, 0.25) is 0 Å². The monoisotopic (exact) mass is 240 g/mol. The van der Waals surface area contributed by atoms with Crippen LogP contribution in [0.1, 0.15) is 65.7 Å². The number of hydrogen-bond acceptors (Lipinski definition) is 2. The summed E-state index contributed by atoms with van der Waals surface area (Å²) in [5, 5.41) is 0. The lowest BCUT2D eigenvalue weighted by molar-refractivity contribution is -0.136. The third kappa shape index (κ3) is 10.1. The van der Waals surface area contributed by atoms with Gasteiger partial charge in [-0.05, 0) is 25.7 Å². The Labute approximate surface area is 106 Å². The maximum absolute atomic E-state index is 11.1. The fourth-order valence-corrected chi connectivity index (χ4v) is 1.79. The Morgan fingerprint density at radius 3 is 2.29 bits per heavy atom. The predicted octanol–water partition coefficient (Wildman–Crippen LogP) is 4.49. The zero-order chi connectivity index (χ0) is 13.1. The summed E-state index contributed by atoms with van der Waals surface area (Å²) in [4.78, 5) is 11.1. The Hall–Kier alpha value is -0.790. The van der Waals surface area contributed by atoms with Crippen LogP contribution in [0.5, 0.6) is 0 Å². The highest BCUT2D eigenvalue weighted by molar-refractivity contribution is 5.87. The van der Waals surface area contributed by atoms with E-state index in [1.165, 1.54) is 45.6 Å². The fraction of sp³-hybridized carbons (Fsp3) is 0.800. The Balaban J connectivity index is 3.37. The zero-order valence-electron chi connectivity index (χ0n) is 11.9. The van der Waals surface area contributed by atoms with E-state index in [1.807, 2.05) is 13.0 Å². The number of hydrogen-bond donors (Lipinski definition) is 0. The van der Waals surface area contributed by atoms with Crippen LogP contribution in [0.3, 0.4) is 0 Å². The standard InChI is InChI=1S/C15H28O2/c1-13(2)11-9-7-5-6-8-10-12-14(3)15(16)17-4/h12-13H,5-11H2,1-4H3. The van der Waals surface area contributed by atoms with Crippen LogP contribution < -0.4 is 0 Å². The molecule has 2 heteroatoms. The number of carbonyl (C=O) groups excluding carboxylic acids is 1. The highest BCUT2D eigenvalue weighted by atomic mass is 16.5. The number of carbonyl (C=O) groups is 1. The average Bonchev–Trinajstić information content (AvgIpc) is 2.30. The van der Waals surface area contributed by atoms with Gasteiger partial charge in [-0.1, -0.05) is 52.0 Å². The summed E-state index contributed by atoms with van der Waals surface area (Å²) in [6, 6.07) is 0. The van der Waals surface area contributed by atoms with Gasteiger partial charge in [0.15, 0.2) is 0 Å². The minimum absolute atomic E-state index is 0.207. The van der Waals surface area contributed by atoms with Crippen LogP contribution in [0, 0.1) is 5.92 Å². The lowest BCUT2D eigenvalue weighted by Gasteiger charge is -2.03. The van der Waals surface area contributed by atoms with Crippen molar-refractivity contribution in [2.75, 3.05) is 7.11 Å². The van der Waals surface area contributed by atoms with Gasteiger partial charge < -0.3 is 4.74 Å². The maximum Gasteiger partial charge on any atom is 0.333 e. The maximum atomic E-state index is 11.1. The summed E-state index contributed by atoms with van der Waals surface area (Å²) in [7, 11) is 1.42. The van der Waals surface area contributed by atoms with Gasteiger partial charge in [0, 0.05) is 5.57 Å². The molecule has 0 N–H and O–H groups in total. The van der Waals surface area contributed by atoms with Crippen LogP contribution in [-0.4, -0.2) is 13.1 Å². The normalized spacial score (nSPS) is 11.9. The Morgan fingerprint density at radius 2 is 1.71 bits per heavy atom. The molecule has 0 saturated heterocycles. The van der Waals surface area contributed by atoms with E-state index in [2.05, 4.69) is 18.6 Å². The summed E-state index contributed by atoms with van der Waals surface area (Å²) < 4.78 is 4.64. The molecule has 17 heavy (non-hydrogen) atoms. The Kier molecular flexibility index (Phi) is 9.89. The van der Waals surface area contributed by atoms with Crippen molar-refractivity contribution in [3.8, 4) is 0 Å². The fourth-order valence-electron chi connectivity index (χ4n) is 1.79. The van der Waals surface area contributed by atoms with E-state index in [4.69, 9.17) is 0 Å². The molecule has 0 fully saturated rings. The van der Waals surface area contributed by atoms with Crippen LogP contribution in [0.15, 0.2) is 11.6 Å². The molecule has 0 aromatic carbocycles. The molecule has 0 aromatic heterocycles. The number of methoxy groups -OCH3 is 1. The number of ether oxygens (including phenoxy) is 1. The van der Waals surface area contributed by atoms with E-state index in [0.29, 0.717) is 0 Å². The SMILES string of the molecule is COC(=O)C(C)=CCCCCCCCC(C)C. The third-order valence-electron chi connectivity index (χ3n) is 2.94. The molecule has 0 aliphatic heterocycles. The zero-order valence-corrected chi connectivity index (χ0v) is 11.9. The topological polar surface area (TPSA) is 26.3 Å². The number of rotatable bonds is 9. The predicted molar refractivity (Wildman–Crippen MR) is 72.9 cm³/mol. The van der Waals surface area contributed by atoms with Crippen LogP contribution in [-0.2, 0) is 9.53 Å². The first kappa shape index (κ1) is 16.2. The molecular formula is C15H28O2. The van der Waals surface area contributed by atoms with E-state index < -0.39 is 0 Å². The van der Waals surface area contributed by atoms with Crippen molar-refractivity contribution >= 4 is 5.97 Å². The second kappa shape index (κ2) is 10.4. The van der Waals surface area contributed by atoms with Crippen LogP contribution >= 0.6 is 0 Å². The molecule has 0 atom stereocenters. The first-order valence-electron chi connectivity index (χ1n) is 6.83. The van der Waals surface area contributed by atoms with E-state index >= 15 is 0 Å². The Bertz CT molecular complexity index is 229. The lowest BCUT2D eigenvalue weighted by atomic mass is 10.0. The highest BCUT2D eigenvalue weighted by Crippen LogP contribution is 2.12. The molecule has 0 saturated carbocycles. The molecule has 100 valence electrons. The van der Waals surface area contributed by atoms with E-state index in [0.717, 1.165) is 17.9 Å². The van der Waals surface area contributed by atoms with Crippen molar-refractivity contribution in [1.82, 2.24) is 0 Å². The molecule has 0 rings (SSSR count). The molecular weight excluding hydrogens is 212 g/mol. The number of esters is 1. The second-order valence-electron chi connectivity index (χ2n) is 5.12. The largest absolute Gasteiger partial charge is 0.466 e. The molecule has 0 heterocycles. The van der Waals surface area contributed by atoms with Gasteiger partial charge in [-0.2, -0.15) is 0 Å². The molecule has 0 aliphatic rings. The number of allylic oxidation sites excluding steroid dienone is 1. The molecule has 0 bridgehead atoms. The van der Waals surface area contributed by atoms with Crippen LogP contribution in [0.4, 0.5) is 0 Å². The second-order valence-corrected chi connectivity index (χ2v) is 5.12. The minimum Gasteiger partial charge on any atom is -0.466 e. The summed E-state index contributed by atoms with van der Waals surface area (Å²) in [5.41, 5.74) is 0.729. The molecule has 0 spiro atoms. The average molecular weight is 240 g/mol. The molecule has 0 radical (unpaired) electrons. The van der Waals surface area contributed by atoms with Gasteiger partial charge in [-0.25, -0.2) is 4.79 Å². The van der Waals surface area contributed by atoms with Gasteiger partial charge in [-0.15, -0.1) is 0 Å². The molecule has 0 aromatic rings. The number of unbranched alkanes of at least 4 members (excludes halogenated alkanes) is 5. The van der Waals surface area contributed by atoms with Gasteiger partial charge in [0.1, 0.15) is 0 Å². The van der Waals surface area contributed by atoms with Gasteiger partial charge in [0.05, 0.1) is 7.11 Å². The van der Waals surface area contributed by atoms with Crippen LogP contribution in [0.25, 0.3) is 0 Å². The van der Waals surface area contributed by atoms with Crippen molar-refractivity contribution in [3.05, 3.63) is 11.6 Å². The molecule has 0 amide bonds. The summed E-state index contributed by atoms with van der Waals surface area (Å²) in [5.74, 6) is 0.627. The first-order chi connectivity index (χ1) is 8.07. The Morgan fingerprint density at radius 1 is 1.12 bits per heavy atom. The van der Waals surface area contributed by atoms with Crippen molar-refractivity contribution in [3.63, 3.8) is 0 Å². The molecule has 0 unspecified atom stereocenters. The molecule has 0 aliphatic carbocycles. The van der Waals surface area contributed by atoms with Crippen molar-refractivity contribution in [2.24, 2.45) is 5.92 Å². The van der Waals surface area contributed by atoms with E-state index in [9.17, 15) is 4.79 Å². The quantitative estimate of drug-likeness (QED) is 0.337. The van der Waals surface area contributed by atoms with Crippen molar-refractivity contribution in [1.29, 1.82) is 0 Å². The van der Waals surface area contributed by atoms with Gasteiger partial charge >= 0.3 is 5.97 Å².